The van der Waals surface area contributed by atoms with E-state index in [0.29, 0.717) is 12.4 Å². The second-order valence-corrected chi connectivity index (χ2v) is 6.53. The summed E-state index contributed by atoms with van der Waals surface area (Å²) in [6, 6.07) is 5.95. The Kier molecular flexibility index (Phi) is 10.3. The predicted molar refractivity (Wildman–Crippen MR) is 105 cm³/mol. The van der Waals surface area contributed by atoms with Gasteiger partial charge in [-0.15, -0.1) is 0 Å². The van der Waals surface area contributed by atoms with Crippen molar-refractivity contribution < 1.29 is 24.2 Å². The van der Waals surface area contributed by atoms with Gasteiger partial charge in [0.1, 0.15) is 24.0 Å². The number of nitro benzene ring substituents is 1. The molecule has 1 aromatic carbocycles. The van der Waals surface area contributed by atoms with Gasteiger partial charge in [0.15, 0.2) is 0 Å². The third-order valence-corrected chi connectivity index (χ3v) is 4.58. The van der Waals surface area contributed by atoms with Crippen LogP contribution in [0.15, 0.2) is 18.2 Å². The van der Waals surface area contributed by atoms with Gasteiger partial charge < -0.3 is 19.3 Å². The zero-order valence-corrected chi connectivity index (χ0v) is 16.5. The first-order valence-corrected chi connectivity index (χ1v) is 9.66. The van der Waals surface area contributed by atoms with Crippen LogP contribution >= 0.6 is 0 Å². The van der Waals surface area contributed by atoms with Crippen molar-refractivity contribution in [2.24, 2.45) is 0 Å². The minimum Gasteiger partial charge on any atom is -0.491 e. The second kappa shape index (κ2) is 13.0. The molecule has 2 heterocycles. The van der Waals surface area contributed by atoms with Crippen molar-refractivity contribution in [3.63, 3.8) is 0 Å². The number of morpholine rings is 2. The lowest BCUT2D eigenvalue weighted by Crippen LogP contribution is -2.38. The van der Waals surface area contributed by atoms with Gasteiger partial charge in [-0.1, -0.05) is 0 Å². The molecule has 2 aliphatic rings. The molecule has 0 saturated carbocycles. The van der Waals surface area contributed by atoms with Crippen LogP contribution in [0, 0.1) is 21.4 Å². The fraction of sp³-hybridized carbons (Fsp3) is 0.632. The predicted octanol–water partition coefficient (Wildman–Crippen LogP) is 0.488. The van der Waals surface area contributed by atoms with Gasteiger partial charge in [-0.3, -0.25) is 19.9 Å². The number of non-ortho nitro benzene ring substituents is 1. The van der Waals surface area contributed by atoms with E-state index in [9.17, 15) is 10.1 Å². The summed E-state index contributed by atoms with van der Waals surface area (Å²) < 4.78 is 15.9. The average Bonchev–Trinajstić information content (AvgIpc) is 2.76. The van der Waals surface area contributed by atoms with Crippen molar-refractivity contribution in [3.8, 4) is 11.8 Å². The molecule has 0 radical (unpaired) electrons. The zero-order valence-electron chi connectivity index (χ0n) is 16.5. The number of aliphatic hydroxyl groups excluding tert-OH is 1. The summed E-state index contributed by atoms with van der Waals surface area (Å²) >= 11 is 0. The number of benzene rings is 1. The summed E-state index contributed by atoms with van der Waals surface area (Å²) in [6.45, 7) is 9.01. The molecule has 2 saturated heterocycles. The number of hydrogen-bond donors (Lipinski definition) is 1. The third-order valence-electron chi connectivity index (χ3n) is 4.58. The maximum absolute atomic E-state index is 10.6. The van der Waals surface area contributed by atoms with Crippen molar-refractivity contribution in [2.75, 3.05) is 78.9 Å². The van der Waals surface area contributed by atoms with E-state index in [1.54, 1.807) is 0 Å². The largest absolute Gasteiger partial charge is 0.491 e. The van der Waals surface area contributed by atoms with Gasteiger partial charge in [-0.25, -0.2) is 0 Å². The zero-order chi connectivity index (χ0) is 20.9. The Bertz CT molecular complexity index is 666. The van der Waals surface area contributed by atoms with Gasteiger partial charge in [0.2, 0.25) is 0 Å². The number of hydrogen-bond acceptors (Lipinski definition) is 9. The number of nitriles is 1. The van der Waals surface area contributed by atoms with Crippen LogP contribution in [0.4, 0.5) is 5.69 Å². The molecular formula is C19H28N4O6. The van der Waals surface area contributed by atoms with Crippen LogP contribution in [-0.4, -0.2) is 98.7 Å². The maximum atomic E-state index is 10.6. The lowest BCUT2D eigenvalue weighted by Gasteiger charge is -2.26. The topological polar surface area (TPSA) is 121 Å². The van der Waals surface area contributed by atoms with Crippen molar-refractivity contribution in [3.05, 3.63) is 33.9 Å². The van der Waals surface area contributed by atoms with Crippen molar-refractivity contribution in [1.82, 2.24) is 9.80 Å². The molecule has 29 heavy (non-hydrogen) atoms. The van der Waals surface area contributed by atoms with Gasteiger partial charge in [0, 0.05) is 51.4 Å². The summed E-state index contributed by atoms with van der Waals surface area (Å²) in [7, 11) is 0. The van der Waals surface area contributed by atoms with Crippen molar-refractivity contribution in [1.29, 1.82) is 5.26 Å². The molecule has 2 aliphatic heterocycles. The summed E-state index contributed by atoms with van der Waals surface area (Å²) in [5.74, 6) is 0.381. The van der Waals surface area contributed by atoms with Crippen LogP contribution in [0.3, 0.4) is 0 Å². The number of ether oxygens (including phenoxy) is 3. The normalized spacial score (nSPS) is 17.7. The lowest BCUT2D eigenvalue weighted by molar-refractivity contribution is -0.384. The highest BCUT2D eigenvalue weighted by atomic mass is 16.6. The van der Waals surface area contributed by atoms with E-state index in [-0.39, 0.29) is 17.9 Å². The van der Waals surface area contributed by atoms with E-state index in [1.807, 2.05) is 6.07 Å². The highest BCUT2D eigenvalue weighted by Crippen LogP contribution is 2.23. The highest BCUT2D eigenvalue weighted by Gasteiger charge is 2.13. The second-order valence-electron chi connectivity index (χ2n) is 6.53. The molecule has 0 aromatic heterocycles. The van der Waals surface area contributed by atoms with Crippen LogP contribution in [-0.2, 0) is 9.47 Å². The number of aliphatic hydroxyl groups is 1. The minimum absolute atomic E-state index is 0.109. The Balaban J connectivity index is 0.000000278. The molecule has 1 N–H and O–H groups in total. The Hall–Kier alpha value is -2.29. The molecule has 0 unspecified atom stereocenters. The van der Waals surface area contributed by atoms with Crippen molar-refractivity contribution >= 4 is 5.69 Å². The molecule has 0 aliphatic carbocycles. The molecular weight excluding hydrogens is 380 g/mol. The molecule has 0 spiro atoms. The number of rotatable bonds is 7. The van der Waals surface area contributed by atoms with Gasteiger partial charge >= 0.3 is 0 Å². The first-order chi connectivity index (χ1) is 14.1. The first kappa shape index (κ1) is 23.0. The Morgan fingerprint density at radius 3 is 2.21 bits per heavy atom. The van der Waals surface area contributed by atoms with E-state index >= 15 is 0 Å². The third kappa shape index (κ3) is 8.31. The molecule has 0 atom stereocenters. The smallest absolute Gasteiger partial charge is 0.271 e. The van der Waals surface area contributed by atoms with E-state index in [4.69, 9.17) is 24.6 Å². The van der Waals surface area contributed by atoms with Gasteiger partial charge in [-0.05, 0) is 6.07 Å². The summed E-state index contributed by atoms with van der Waals surface area (Å²) in [5, 5.41) is 28.2. The average molecular weight is 408 g/mol. The highest BCUT2D eigenvalue weighted by molar-refractivity contribution is 5.50. The molecule has 10 heteroatoms. The Morgan fingerprint density at radius 1 is 1.10 bits per heavy atom. The van der Waals surface area contributed by atoms with E-state index in [0.717, 1.165) is 65.7 Å². The van der Waals surface area contributed by atoms with Gasteiger partial charge in [0.25, 0.3) is 5.69 Å². The summed E-state index contributed by atoms with van der Waals surface area (Å²) in [5.41, 5.74) is 0.0725. The van der Waals surface area contributed by atoms with Crippen LogP contribution in [0.5, 0.6) is 5.75 Å². The van der Waals surface area contributed by atoms with Gasteiger partial charge in [-0.2, -0.15) is 5.26 Å². The summed E-state index contributed by atoms with van der Waals surface area (Å²) in [4.78, 5) is 14.5. The molecule has 1 aromatic rings. The first-order valence-electron chi connectivity index (χ1n) is 9.66. The quantitative estimate of drug-likeness (QED) is 0.507. The molecule has 160 valence electrons. The van der Waals surface area contributed by atoms with E-state index in [1.165, 1.54) is 18.2 Å². The fourth-order valence-corrected chi connectivity index (χ4v) is 2.92. The number of nitro groups is 1. The standard InChI is InChI=1S/C13H15N3O4.C6H13NO2/c14-10-11-9-12(16(17)18)1-2-13(11)20-8-5-15-3-6-19-7-4-15;8-4-1-7-2-5-9-6-3-7/h1-2,9H,3-8H2;8H,1-6H2. The van der Waals surface area contributed by atoms with Crippen LogP contribution < -0.4 is 4.74 Å². The van der Waals surface area contributed by atoms with Crippen LogP contribution in [0.2, 0.25) is 0 Å². The summed E-state index contributed by atoms with van der Waals surface area (Å²) in [6.07, 6.45) is 0. The van der Waals surface area contributed by atoms with Gasteiger partial charge in [0.05, 0.1) is 38.0 Å². The monoisotopic (exact) mass is 408 g/mol. The molecule has 0 amide bonds. The maximum Gasteiger partial charge on any atom is 0.271 e. The van der Waals surface area contributed by atoms with Crippen LogP contribution in [0.1, 0.15) is 5.56 Å². The van der Waals surface area contributed by atoms with Crippen LogP contribution in [0.25, 0.3) is 0 Å². The van der Waals surface area contributed by atoms with E-state index < -0.39 is 4.92 Å². The SMILES string of the molecule is N#Cc1cc([N+](=O)[O-])ccc1OCCN1CCOCC1.OCCN1CCOCC1. The molecule has 0 bridgehead atoms. The number of nitrogens with zero attached hydrogens (tertiary/aromatic N) is 4. The Labute approximate surface area is 170 Å². The Morgan fingerprint density at radius 2 is 1.69 bits per heavy atom. The molecule has 3 rings (SSSR count). The number of β-amino-alcohol motifs (C(OH)–C–C–N with tert-alkyl or cyclic N) is 1. The van der Waals surface area contributed by atoms with Crippen molar-refractivity contribution in [2.45, 2.75) is 0 Å². The fourth-order valence-electron chi connectivity index (χ4n) is 2.92. The lowest BCUT2D eigenvalue weighted by atomic mass is 10.2. The molecule has 2 fully saturated rings. The molecule has 10 nitrogen and oxygen atoms in total. The minimum atomic E-state index is -0.529. The van der Waals surface area contributed by atoms with E-state index in [2.05, 4.69) is 9.80 Å².